The monoisotopic (exact) mass is 240 g/mol. The molecule has 0 aliphatic rings. The Balaban J connectivity index is 1.82. The predicted molar refractivity (Wildman–Crippen MR) is 71.1 cm³/mol. The molecule has 3 rings (SSSR count). The molecule has 2 aromatic heterocycles. The molecule has 0 fully saturated rings. The van der Waals surface area contributed by atoms with Gasteiger partial charge in [-0.1, -0.05) is 36.4 Å². The van der Waals surface area contributed by atoms with Gasteiger partial charge in [0.1, 0.15) is 0 Å². The molecular weight excluding hydrogens is 228 g/mol. The van der Waals surface area contributed by atoms with Crippen molar-refractivity contribution in [1.29, 1.82) is 0 Å². The van der Waals surface area contributed by atoms with Gasteiger partial charge in [0, 0.05) is 12.7 Å². The van der Waals surface area contributed by atoms with Crippen LogP contribution in [0, 0.1) is 0 Å². The first kappa shape index (κ1) is 10.3. The van der Waals surface area contributed by atoms with E-state index in [1.807, 2.05) is 12.4 Å². The lowest BCUT2D eigenvalue weighted by molar-refractivity contribution is 0.797. The van der Waals surface area contributed by atoms with Gasteiger partial charge in [-0.3, -0.25) is 0 Å². The second-order valence-corrected chi connectivity index (χ2v) is 4.84. The average molecular weight is 240 g/mol. The van der Waals surface area contributed by atoms with Crippen molar-refractivity contribution in [3.8, 4) is 10.6 Å². The Labute approximate surface area is 104 Å². The molecule has 2 heterocycles. The molecule has 17 heavy (non-hydrogen) atoms. The van der Waals surface area contributed by atoms with Gasteiger partial charge >= 0.3 is 0 Å². The highest BCUT2D eigenvalue weighted by Gasteiger charge is 2.02. The number of benzene rings is 1. The third kappa shape index (κ3) is 2.29. The second kappa shape index (κ2) is 4.55. The molecule has 84 valence electrons. The van der Waals surface area contributed by atoms with Crippen molar-refractivity contribution in [2.45, 2.75) is 6.54 Å². The summed E-state index contributed by atoms with van der Waals surface area (Å²) in [5, 5.41) is 2.07. The Morgan fingerprint density at radius 3 is 2.71 bits per heavy atom. The zero-order chi connectivity index (χ0) is 11.5. The summed E-state index contributed by atoms with van der Waals surface area (Å²) in [6.07, 6.45) is 3.99. The van der Waals surface area contributed by atoms with Crippen molar-refractivity contribution >= 4 is 11.3 Å². The van der Waals surface area contributed by atoms with Crippen LogP contribution >= 0.6 is 11.3 Å². The summed E-state index contributed by atoms with van der Waals surface area (Å²) in [7, 11) is 0. The Hall–Kier alpha value is -1.87. The van der Waals surface area contributed by atoms with E-state index in [1.165, 1.54) is 10.4 Å². The zero-order valence-electron chi connectivity index (χ0n) is 9.28. The Kier molecular flexibility index (Phi) is 2.76. The molecule has 0 spiro atoms. The van der Waals surface area contributed by atoms with Gasteiger partial charge in [-0.25, -0.2) is 4.98 Å². The molecule has 0 aliphatic carbocycles. The van der Waals surface area contributed by atoms with Crippen molar-refractivity contribution in [3.63, 3.8) is 0 Å². The maximum atomic E-state index is 4.43. The fourth-order valence-corrected chi connectivity index (χ4v) is 2.48. The van der Waals surface area contributed by atoms with E-state index in [1.54, 1.807) is 11.3 Å². The first-order valence-electron chi connectivity index (χ1n) is 5.51. The van der Waals surface area contributed by atoms with Gasteiger partial charge in [0.2, 0.25) is 0 Å². The van der Waals surface area contributed by atoms with Crippen LogP contribution in [0.1, 0.15) is 5.56 Å². The molecule has 2 nitrogen and oxygen atoms in total. The van der Waals surface area contributed by atoms with E-state index in [0.717, 1.165) is 12.2 Å². The van der Waals surface area contributed by atoms with Crippen molar-refractivity contribution in [3.05, 3.63) is 65.9 Å². The minimum Gasteiger partial charge on any atom is -0.332 e. The summed E-state index contributed by atoms with van der Waals surface area (Å²) in [5.41, 5.74) is 2.35. The number of rotatable bonds is 3. The second-order valence-electron chi connectivity index (χ2n) is 3.89. The molecule has 0 saturated carbocycles. The lowest BCUT2D eigenvalue weighted by Gasteiger charge is -2.00. The molecule has 0 bridgehead atoms. The van der Waals surface area contributed by atoms with Gasteiger partial charge in [0.15, 0.2) is 0 Å². The minimum atomic E-state index is 0.874. The van der Waals surface area contributed by atoms with E-state index in [0.29, 0.717) is 0 Å². The molecule has 3 aromatic rings. The van der Waals surface area contributed by atoms with Crippen LogP contribution in [0.4, 0.5) is 0 Å². The zero-order valence-corrected chi connectivity index (χ0v) is 10.1. The van der Waals surface area contributed by atoms with Crippen molar-refractivity contribution in [1.82, 2.24) is 9.55 Å². The summed E-state index contributed by atoms with van der Waals surface area (Å²) < 4.78 is 2.12. The Morgan fingerprint density at radius 1 is 1.06 bits per heavy atom. The third-order valence-corrected chi connectivity index (χ3v) is 3.51. The lowest BCUT2D eigenvalue weighted by atomic mass is 10.2. The third-order valence-electron chi connectivity index (χ3n) is 2.61. The van der Waals surface area contributed by atoms with Crippen LogP contribution in [-0.2, 0) is 6.54 Å². The highest BCUT2D eigenvalue weighted by Crippen LogP contribution is 2.22. The normalized spacial score (nSPS) is 10.6. The van der Waals surface area contributed by atoms with Crippen LogP contribution in [0.3, 0.4) is 0 Å². The average Bonchev–Trinajstić information content (AvgIpc) is 3.00. The summed E-state index contributed by atoms with van der Waals surface area (Å²) >= 11 is 1.72. The SMILES string of the molecule is c1ccc(Cn2cnc(-c3cccs3)c2)cc1. The smallest absolute Gasteiger partial charge is 0.0981 e. The molecule has 0 saturated heterocycles. The topological polar surface area (TPSA) is 17.8 Å². The molecule has 0 amide bonds. The molecular formula is C14H12N2S. The van der Waals surface area contributed by atoms with Gasteiger partial charge in [0.25, 0.3) is 0 Å². The number of nitrogens with zero attached hydrogens (tertiary/aromatic N) is 2. The number of thiophene rings is 1. The van der Waals surface area contributed by atoms with Crippen molar-refractivity contribution in [2.75, 3.05) is 0 Å². The van der Waals surface area contributed by atoms with Gasteiger partial charge in [-0.05, 0) is 17.0 Å². The molecule has 0 N–H and O–H groups in total. The predicted octanol–water partition coefficient (Wildman–Crippen LogP) is 3.66. The number of imidazole rings is 1. The lowest BCUT2D eigenvalue weighted by Crippen LogP contribution is -1.95. The maximum Gasteiger partial charge on any atom is 0.0981 e. The molecule has 1 aromatic carbocycles. The minimum absolute atomic E-state index is 0.874. The largest absolute Gasteiger partial charge is 0.332 e. The summed E-state index contributed by atoms with van der Waals surface area (Å²) in [6, 6.07) is 14.6. The standard InChI is InChI=1S/C14H12N2S/c1-2-5-12(6-3-1)9-16-10-13(15-11-16)14-7-4-8-17-14/h1-8,10-11H,9H2. The first-order chi connectivity index (χ1) is 8.42. The molecule has 0 unspecified atom stereocenters. The summed E-state index contributed by atoms with van der Waals surface area (Å²) in [4.78, 5) is 5.65. The van der Waals surface area contributed by atoms with Crippen LogP contribution in [0.15, 0.2) is 60.4 Å². The van der Waals surface area contributed by atoms with Crippen LogP contribution in [0.5, 0.6) is 0 Å². The van der Waals surface area contributed by atoms with Crippen molar-refractivity contribution < 1.29 is 0 Å². The number of aromatic nitrogens is 2. The summed E-state index contributed by atoms with van der Waals surface area (Å²) in [6.45, 7) is 0.874. The molecule has 3 heteroatoms. The number of hydrogen-bond donors (Lipinski definition) is 0. The van der Waals surface area contributed by atoms with Gasteiger partial charge in [-0.2, -0.15) is 0 Å². The van der Waals surface area contributed by atoms with E-state index >= 15 is 0 Å². The Morgan fingerprint density at radius 2 is 1.94 bits per heavy atom. The molecule has 0 aliphatic heterocycles. The molecule has 0 atom stereocenters. The van der Waals surface area contributed by atoms with E-state index in [2.05, 4.69) is 57.5 Å². The van der Waals surface area contributed by atoms with Crippen LogP contribution in [0.2, 0.25) is 0 Å². The highest BCUT2D eigenvalue weighted by atomic mass is 32.1. The van der Waals surface area contributed by atoms with E-state index in [9.17, 15) is 0 Å². The fraction of sp³-hybridized carbons (Fsp3) is 0.0714. The molecule has 0 radical (unpaired) electrons. The van der Waals surface area contributed by atoms with Crippen LogP contribution in [-0.4, -0.2) is 9.55 Å². The van der Waals surface area contributed by atoms with Gasteiger partial charge < -0.3 is 4.57 Å². The summed E-state index contributed by atoms with van der Waals surface area (Å²) in [5.74, 6) is 0. The van der Waals surface area contributed by atoms with Crippen LogP contribution < -0.4 is 0 Å². The number of hydrogen-bond acceptors (Lipinski definition) is 2. The fourth-order valence-electron chi connectivity index (χ4n) is 1.79. The van der Waals surface area contributed by atoms with Crippen LogP contribution in [0.25, 0.3) is 10.6 Å². The van der Waals surface area contributed by atoms with E-state index in [-0.39, 0.29) is 0 Å². The first-order valence-corrected chi connectivity index (χ1v) is 6.39. The Bertz CT molecular complexity index is 582. The van der Waals surface area contributed by atoms with Gasteiger partial charge in [-0.15, -0.1) is 11.3 Å². The van der Waals surface area contributed by atoms with E-state index < -0.39 is 0 Å². The highest BCUT2D eigenvalue weighted by molar-refractivity contribution is 7.13. The van der Waals surface area contributed by atoms with Crippen molar-refractivity contribution in [2.24, 2.45) is 0 Å². The van der Waals surface area contributed by atoms with E-state index in [4.69, 9.17) is 0 Å². The quantitative estimate of drug-likeness (QED) is 0.683. The maximum absolute atomic E-state index is 4.43. The van der Waals surface area contributed by atoms with Gasteiger partial charge in [0.05, 0.1) is 16.9 Å².